The number of carbonyl (C=O) groups is 2. The van der Waals surface area contributed by atoms with Gasteiger partial charge in [0.2, 0.25) is 5.91 Å². The molecule has 0 aliphatic carbocycles. The summed E-state index contributed by atoms with van der Waals surface area (Å²) in [6.07, 6.45) is 5.95. The van der Waals surface area contributed by atoms with Gasteiger partial charge >= 0.3 is 0 Å². The fourth-order valence-corrected chi connectivity index (χ4v) is 2.19. The highest BCUT2D eigenvalue weighted by Crippen LogP contribution is 2.17. The van der Waals surface area contributed by atoms with Crippen molar-refractivity contribution in [1.82, 2.24) is 15.1 Å². The van der Waals surface area contributed by atoms with E-state index in [1.54, 1.807) is 24.5 Å². The van der Waals surface area contributed by atoms with Crippen LogP contribution < -0.4 is 10.6 Å². The molecule has 0 fully saturated rings. The van der Waals surface area contributed by atoms with E-state index in [9.17, 15) is 14.0 Å². The Kier molecular flexibility index (Phi) is 4.89. The van der Waals surface area contributed by atoms with Gasteiger partial charge in [-0.25, -0.2) is 9.07 Å². The van der Waals surface area contributed by atoms with Gasteiger partial charge in [-0.2, -0.15) is 5.10 Å². The van der Waals surface area contributed by atoms with E-state index in [1.165, 1.54) is 35.4 Å². The topological polar surface area (TPSA) is 89.2 Å². The normalized spacial score (nSPS) is 10.4. The summed E-state index contributed by atoms with van der Waals surface area (Å²) in [5.41, 5.74) is 1.01. The summed E-state index contributed by atoms with van der Waals surface area (Å²) in [7, 11) is 0. The molecule has 2 amide bonds. The Morgan fingerprint density at radius 1 is 1.28 bits per heavy atom. The van der Waals surface area contributed by atoms with Gasteiger partial charge in [0, 0.05) is 31.0 Å². The molecule has 0 saturated heterocycles. The zero-order valence-corrected chi connectivity index (χ0v) is 13.1. The molecule has 25 heavy (non-hydrogen) atoms. The van der Waals surface area contributed by atoms with Crippen molar-refractivity contribution in [2.45, 2.75) is 6.42 Å². The molecule has 128 valence electrons. The number of nitrogens with one attached hydrogen (secondary N) is 2. The van der Waals surface area contributed by atoms with Crippen LogP contribution in [0.25, 0.3) is 5.69 Å². The van der Waals surface area contributed by atoms with Crippen LogP contribution in [0.3, 0.4) is 0 Å². The van der Waals surface area contributed by atoms with E-state index in [0.717, 1.165) is 0 Å². The van der Waals surface area contributed by atoms with Crippen molar-refractivity contribution in [3.8, 4) is 5.69 Å². The number of amides is 2. The third-order valence-electron chi connectivity index (χ3n) is 3.40. The first-order valence-corrected chi connectivity index (χ1v) is 7.53. The molecule has 2 aromatic heterocycles. The lowest BCUT2D eigenvalue weighted by molar-refractivity contribution is -0.116. The van der Waals surface area contributed by atoms with Crippen molar-refractivity contribution in [3.63, 3.8) is 0 Å². The second kappa shape index (κ2) is 7.43. The zero-order valence-electron chi connectivity index (χ0n) is 13.1. The third kappa shape index (κ3) is 4.11. The average Bonchev–Trinajstić information content (AvgIpc) is 3.29. The van der Waals surface area contributed by atoms with Crippen molar-refractivity contribution < 1.29 is 18.4 Å². The molecule has 0 aliphatic heterocycles. The lowest BCUT2D eigenvalue weighted by Crippen LogP contribution is -2.27. The Morgan fingerprint density at radius 3 is 2.84 bits per heavy atom. The summed E-state index contributed by atoms with van der Waals surface area (Å²) in [5, 5.41) is 9.14. The van der Waals surface area contributed by atoms with Crippen LogP contribution in [0.4, 0.5) is 10.1 Å². The summed E-state index contributed by atoms with van der Waals surface area (Å²) < 4.78 is 20.3. The van der Waals surface area contributed by atoms with Gasteiger partial charge in [-0.05, 0) is 30.3 Å². The average molecular weight is 342 g/mol. The second-order valence-corrected chi connectivity index (χ2v) is 5.18. The van der Waals surface area contributed by atoms with E-state index in [0.29, 0.717) is 11.3 Å². The molecule has 0 unspecified atom stereocenters. The highest BCUT2D eigenvalue weighted by atomic mass is 19.1. The molecule has 7 nitrogen and oxygen atoms in total. The molecule has 0 spiro atoms. The first kappa shape index (κ1) is 16.4. The summed E-state index contributed by atoms with van der Waals surface area (Å²) >= 11 is 0. The summed E-state index contributed by atoms with van der Waals surface area (Å²) in [5.74, 6) is -1.16. The molecule has 0 bridgehead atoms. The minimum Gasteiger partial charge on any atom is -0.472 e. The van der Waals surface area contributed by atoms with E-state index >= 15 is 0 Å². The maximum Gasteiger partial charge on any atom is 0.254 e. The number of anilines is 1. The number of carbonyl (C=O) groups excluding carboxylic acids is 2. The standard InChI is InChI=1S/C17H15FN4O3/c18-14-10-13(2-3-15(14)22-8-1-6-20-22)21-16(23)4-7-19-17(24)12-5-9-25-11-12/h1-3,5-6,8-11H,4,7H2,(H,19,24)(H,21,23). The molecular weight excluding hydrogens is 327 g/mol. The van der Waals surface area contributed by atoms with E-state index in [4.69, 9.17) is 4.42 Å². The predicted molar refractivity (Wildman–Crippen MR) is 87.8 cm³/mol. The van der Waals surface area contributed by atoms with Crippen LogP contribution in [0, 0.1) is 5.82 Å². The molecule has 3 aromatic rings. The van der Waals surface area contributed by atoms with Gasteiger partial charge in [0.1, 0.15) is 12.0 Å². The molecule has 0 atom stereocenters. The molecular formula is C17H15FN4O3. The number of nitrogens with zero attached hydrogens (tertiary/aromatic N) is 2. The largest absolute Gasteiger partial charge is 0.472 e. The van der Waals surface area contributed by atoms with Crippen LogP contribution in [-0.2, 0) is 4.79 Å². The second-order valence-electron chi connectivity index (χ2n) is 5.18. The van der Waals surface area contributed by atoms with Gasteiger partial charge in [0.25, 0.3) is 5.91 Å². The van der Waals surface area contributed by atoms with Gasteiger partial charge in [-0.15, -0.1) is 0 Å². The number of hydrogen-bond acceptors (Lipinski definition) is 4. The number of rotatable bonds is 6. The molecule has 0 aliphatic rings. The number of benzene rings is 1. The van der Waals surface area contributed by atoms with Crippen molar-refractivity contribution in [2.24, 2.45) is 0 Å². The number of furan rings is 1. The van der Waals surface area contributed by atoms with E-state index < -0.39 is 5.82 Å². The zero-order chi connectivity index (χ0) is 17.6. The van der Waals surface area contributed by atoms with Crippen LogP contribution in [0.15, 0.2) is 59.7 Å². The smallest absolute Gasteiger partial charge is 0.254 e. The highest BCUT2D eigenvalue weighted by molar-refractivity contribution is 5.95. The van der Waals surface area contributed by atoms with E-state index in [-0.39, 0.29) is 30.5 Å². The van der Waals surface area contributed by atoms with Crippen LogP contribution in [-0.4, -0.2) is 28.1 Å². The van der Waals surface area contributed by atoms with Gasteiger partial charge in [0.05, 0.1) is 11.8 Å². The number of aromatic nitrogens is 2. The molecule has 2 N–H and O–H groups in total. The maximum absolute atomic E-state index is 14.1. The Labute approximate surface area is 142 Å². The number of halogens is 1. The Bertz CT molecular complexity index is 860. The highest BCUT2D eigenvalue weighted by Gasteiger charge is 2.10. The lowest BCUT2D eigenvalue weighted by Gasteiger charge is -2.08. The first-order valence-electron chi connectivity index (χ1n) is 7.53. The summed E-state index contributed by atoms with van der Waals surface area (Å²) in [4.78, 5) is 23.6. The number of hydrogen-bond donors (Lipinski definition) is 2. The monoisotopic (exact) mass is 342 g/mol. The van der Waals surface area contributed by atoms with E-state index in [1.807, 2.05) is 0 Å². The lowest BCUT2D eigenvalue weighted by atomic mass is 10.2. The maximum atomic E-state index is 14.1. The Morgan fingerprint density at radius 2 is 2.16 bits per heavy atom. The Hall–Kier alpha value is -3.42. The minimum absolute atomic E-state index is 0.0616. The fraction of sp³-hybridized carbons (Fsp3) is 0.118. The SMILES string of the molecule is O=C(CCNC(=O)c1ccoc1)Nc1ccc(-n2cccn2)c(F)c1. The first-order chi connectivity index (χ1) is 12.1. The molecule has 1 aromatic carbocycles. The fourth-order valence-electron chi connectivity index (χ4n) is 2.19. The van der Waals surface area contributed by atoms with Crippen molar-refractivity contribution in [3.05, 3.63) is 66.6 Å². The van der Waals surface area contributed by atoms with Gasteiger partial charge in [0.15, 0.2) is 5.82 Å². The summed E-state index contributed by atoms with van der Waals surface area (Å²) in [6, 6.07) is 7.55. The quantitative estimate of drug-likeness (QED) is 0.720. The van der Waals surface area contributed by atoms with E-state index in [2.05, 4.69) is 15.7 Å². The molecule has 0 radical (unpaired) electrons. The van der Waals surface area contributed by atoms with Crippen molar-refractivity contribution in [2.75, 3.05) is 11.9 Å². The van der Waals surface area contributed by atoms with Gasteiger partial charge < -0.3 is 15.1 Å². The Balaban J connectivity index is 1.51. The van der Waals surface area contributed by atoms with Crippen LogP contribution >= 0.6 is 0 Å². The molecule has 8 heteroatoms. The minimum atomic E-state index is -0.505. The van der Waals surface area contributed by atoms with Crippen LogP contribution in [0.2, 0.25) is 0 Å². The summed E-state index contributed by atoms with van der Waals surface area (Å²) in [6.45, 7) is 0.156. The van der Waals surface area contributed by atoms with Crippen LogP contribution in [0.1, 0.15) is 16.8 Å². The third-order valence-corrected chi connectivity index (χ3v) is 3.40. The van der Waals surface area contributed by atoms with Gasteiger partial charge in [-0.1, -0.05) is 0 Å². The molecule has 3 rings (SSSR count). The van der Waals surface area contributed by atoms with Gasteiger partial charge in [-0.3, -0.25) is 9.59 Å². The van der Waals surface area contributed by atoms with Crippen LogP contribution in [0.5, 0.6) is 0 Å². The molecule has 0 saturated carbocycles. The molecule has 2 heterocycles. The predicted octanol–water partition coefficient (Wildman–Crippen LogP) is 2.36. The van der Waals surface area contributed by atoms with Crippen molar-refractivity contribution in [1.29, 1.82) is 0 Å². The van der Waals surface area contributed by atoms with Crippen molar-refractivity contribution >= 4 is 17.5 Å².